The Morgan fingerprint density at radius 1 is 0.920 bits per heavy atom. The molecule has 0 aromatic heterocycles. The summed E-state index contributed by atoms with van der Waals surface area (Å²) in [5, 5.41) is 5.18. The molecule has 6 amide bonds. The number of amides is 6. The van der Waals surface area contributed by atoms with Crippen LogP contribution in [0.5, 0.6) is 0 Å². The second-order valence-corrected chi connectivity index (χ2v) is 5.32. The lowest BCUT2D eigenvalue weighted by Gasteiger charge is -2.10. The molecule has 2 atom stereocenters. The van der Waals surface area contributed by atoms with E-state index in [1.165, 1.54) is 0 Å². The highest BCUT2D eigenvalue weighted by Gasteiger charge is 2.32. The first-order valence-electron chi connectivity index (χ1n) is 7.79. The number of imide groups is 2. The molecule has 0 aromatic rings. The van der Waals surface area contributed by atoms with E-state index in [2.05, 4.69) is 20.1 Å². The van der Waals surface area contributed by atoms with Gasteiger partial charge in [0.1, 0.15) is 0 Å². The molecule has 25 heavy (non-hydrogen) atoms. The van der Waals surface area contributed by atoms with Gasteiger partial charge in [0, 0.05) is 12.1 Å². The van der Waals surface area contributed by atoms with Gasteiger partial charge < -0.3 is 25.6 Å². The third-order valence-corrected chi connectivity index (χ3v) is 3.12. The van der Waals surface area contributed by atoms with Gasteiger partial charge in [-0.3, -0.25) is 0 Å². The Morgan fingerprint density at radius 3 is 1.44 bits per heavy atom. The number of rotatable bonds is 2. The summed E-state index contributed by atoms with van der Waals surface area (Å²) in [5.41, 5.74) is 0. The van der Waals surface area contributed by atoms with Gasteiger partial charge in [0.2, 0.25) is 0 Å². The van der Waals surface area contributed by atoms with Crippen molar-refractivity contribution >= 4 is 24.2 Å². The summed E-state index contributed by atoms with van der Waals surface area (Å²) in [6.07, 6.45) is -1.14. The molecule has 11 nitrogen and oxygen atoms in total. The fourth-order valence-electron chi connectivity index (χ4n) is 2.10. The van der Waals surface area contributed by atoms with E-state index in [1.54, 1.807) is 13.8 Å². The van der Waals surface area contributed by atoms with Crippen LogP contribution in [-0.2, 0) is 9.47 Å². The molecule has 144 valence electrons. The topological polar surface area (TPSA) is 149 Å². The fourth-order valence-corrected chi connectivity index (χ4v) is 2.10. The summed E-state index contributed by atoms with van der Waals surface area (Å²) in [7, 11) is 0. The van der Waals surface area contributed by atoms with Crippen molar-refractivity contribution in [1.82, 2.24) is 20.4 Å². The Kier molecular flexibility index (Phi) is 9.28. The molecule has 2 aliphatic heterocycles. The largest absolute Gasteiger partial charge is 0.449 e. The molecule has 4 N–H and O–H groups in total. The third kappa shape index (κ3) is 6.45. The highest BCUT2D eigenvalue weighted by Crippen LogP contribution is 2.05. The molecular formula is C14H26N4O7. The first kappa shape index (κ1) is 22.4. The molecular weight excluding hydrogens is 336 g/mol. The number of hydrogen-bond donors (Lipinski definition) is 2. The Balaban J connectivity index is 0.000000443. The Bertz CT molecular complexity index is 456. The van der Waals surface area contributed by atoms with Crippen molar-refractivity contribution in [2.24, 2.45) is 0 Å². The zero-order chi connectivity index (χ0) is 18.3. The van der Waals surface area contributed by atoms with Crippen molar-refractivity contribution in [3.63, 3.8) is 0 Å². The van der Waals surface area contributed by atoms with E-state index in [0.29, 0.717) is 13.1 Å². The first-order chi connectivity index (χ1) is 11.3. The molecule has 2 heterocycles. The van der Waals surface area contributed by atoms with E-state index in [0.717, 1.165) is 9.80 Å². The van der Waals surface area contributed by atoms with Crippen LogP contribution in [-0.4, -0.2) is 77.9 Å². The smallest absolute Gasteiger partial charge is 0.418 e. The lowest BCUT2D eigenvalue weighted by molar-refractivity contribution is 0.119. The van der Waals surface area contributed by atoms with Crippen molar-refractivity contribution in [2.75, 3.05) is 26.3 Å². The second-order valence-electron chi connectivity index (χ2n) is 5.32. The minimum Gasteiger partial charge on any atom is -0.449 e. The summed E-state index contributed by atoms with van der Waals surface area (Å²) < 4.78 is 9.34. The van der Waals surface area contributed by atoms with E-state index >= 15 is 0 Å². The molecule has 11 heteroatoms. The zero-order valence-electron chi connectivity index (χ0n) is 14.8. The van der Waals surface area contributed by atoms with Gasteiger partial charge in [-0.15, -0.1) is 0 Å². The van der Waals surface area contributed by atoms with E-state index in [4.69, 9.17) is 0 Å². The van der Waals surface area contributed by atoms with Crippen molar-refractivity contribution in [2.45, 2.75) is 39.8 Å². The van der Waals surface area contributed by atoms with Gasteiger partial charge in [-0.25, -0.2) is 29.0 Å². The number of hydrogen-bond acceptors (Lipinski definition) is 6. The summed E-state index contributed by atoms with van der Waals surface area (Å²) in [6.45, 7) is 8.42. The van der Waals surface area contributed by atoms with Gasteiger partial charge in [-0.2, -0.15) is 0 Å². The van der Waals surface area contributed by atoms with Gasteiger partial charge in [0.25, 0.3) is 0 Å². The highest BCUT2D eigenvalue weighted by molar-refractivity contribution is 5.93. The fraction of sp³-hybridized carbons (Fsp3) is 0.714. The lowest BCUT2D eigenvalue weighted by atomic mass is 10.4. The maximum atomic E-state index is 11.0. The van der Waals surface area contributed by atoms with Crippen molar-refractivity contribution in [3.05, 3.63) is 0 Å². The maximum absolute atomic E-state index is 11.0. The normalized spacial score (nSPS) is 21.4. The molecule has 2 rings (SSSR count). The molecule has 0 saturated carbocycles. The first-order valence-corrected chi connectivity index (χ1v) is 7.79. The van der Waals surface area contributed by atoms with Crippen LogP contribution < -0.4 is 10.6 Å². The van der Waals surface area contributed by atoms with Crippen LogP contribution in [0.4, 0.5) is 19.2 Å². The summed E-state index contributed by atoms with van der Waals surface area (Å²) in [6, 6.07) is -0.717. The molecule has 0 radical (unpaired) electrons. The average molecular weight is 362 g/mol. The van der Waals surface area contributed by atoms with Crippen LogP contribution in [0.15, 0.2) is 0 Å². The Labute approximate surface area is 145 Å². The van der Waals surface area contributed by atoms with E-state index in [1.807, 2.05) is 13.8 Å². The van der Waals surface area contributed by atoms with Crippen LogP contribution in [0, 0.1) is 0 Å². The van der Waals surface area contributed by atoms with E-state index < -0.39 is 12.2 Å². The summed E-state index contributed by atoms with van der Waals surface area (Å²) in [5.74, 6) is 0. The lowest BCUT2D eigenvalue weighted by Crippen LogP contribution is -2.34. The Hall–Kier alpha value is -2.56. The number of ether oxygens (including phenoxy) is 2. The van der Waals surface area contributed by atoms with Gasteiger partial charge in [-0.1, -0.05) is 0 Å². The van der Waals surface area contributed by atoms with E-state index in [-0.39, 0.29) is 42.8 Å². The molecule has 0 bridgehead atoms. The number of carbonyl (C=O) groups excluding carboxylic acids is 4. The predicted molar refractivity (Wildman–Crippen MR) is 87.1 cm³/mol. The summed E-state index contributed by atoms with van der Waals surface area (Å²) in [4.78, 5) is 46.2. The Morgan fingerprint density at radius 2 is 1.24 bits per heavy atom. The second kappa shape index (κ2) is 10.3. The van der Waals surface area contributed by atoms with Crippen LogP contribution in [0.3, 0.4) is 0 Å². The number of nitrogens with zero attached hydrogens (tertiary/aromatic N) is 2. The van der Waals surface area contributed by atoms with Crippen LogP contribution in [0.1, 0.15) is 27.7 Å². The average Bonchev–Trinajstić information content (AvgIpc) is 3.01. The van der Waals surface area contributed by atoms with Gasteiger partial charge in [0.15, 0.2) is 0 Å². The third-order valence-electron chi connectivity index (χ3n) is 3.12. The molecule has 0 aromatic carbocycles. The van der Waals surface area contributed by atoms with Gasteiger partial charge in [-0.05, 0) is 27.7 Å². The minimum absolute atomic E-state index is 0. The van der Waals surface area contributed by atoms with Crippen molar-refractivity contribution in [3.8, 4) is 0 Å². The maximum Gasteiger partial charge on any atom is 0.418 e. The molecule has 2 aliphatic rings. The van der Waals surface area contributed by atoms with Crippen LogP contribution in [0.2, 0.25) is 0 Å². The monoisotopic (exact) mass is 362 g/mol. The van der Waals surface area contributed by atoms with E-state index in [9.17, 15) is 19.2 Å². The molecule has 2 saturated heterocycles. The van der Waals surface area contributed by atoms with Crippen LogP contribution >= 0.6 is 0 Å². The number of urea groups is 2. The van der Waals surface area contributed by atoms with Crippen LogP contribution in [0.25, 0.3) is 0 Å². The predicted octanol–water partition coefficient (Wildman–Crippen LogP) is 0.289. The van der Waals surface area contributed by atoms with Gasteiger partial charge >= 0.3 is 24.2 Å². The van der Waals surface area contributed by atoms with Crippen molar-refractivity contribution in [1.29, 1.82) is 0 Å². The highest BCUT2D eigenvalue weighted by atomic mass is 16.6. The summed E-state index contributed by atoms with van der Waals surface area (Å²) >= 11 is 0. The zero-order valence-corrected chi connectivity index (χ0v) is 14.8. The SMILES string of the molecule is CCOC(=O)N1CC(C)NC1=O.CCOC(=O)N1CC(C)NC1=O.O. The van der Waals surface area contributed by atoms with Gasteiger partial charge in [0.05, 0.1) is 26.3 Å². The quantitative estimate of drug-likeness (QED) is 0.721. The van der Waals surface area contributed by atoms with Crippen molar-refractivity contribution < 1.29 is 34.1 Å². The number of nitrogens with one attached hydrogen (secondary N) is 2. The molecule has 0 spiro atoms. The standard InChI is InChI=1S/2C7H12N2O3.H2O/c2*1-3-12-7(11)9-4-5(2)8-6(9)10;/h2*5H,3-4H2,1-2H3,(H,8,10);1H2. The minimum atomic E-state index is -0.570. The molecule has 2 unspecified atom stereocenters. The number of carbonyl (C=O) groups is 4. The molecule has 0 aliphatic carbocycles. The molecule has 2 fully saturated rings.